The maximum atomic E-state index is 6.51. The molecule has 0 bridgehead atoms. The van der Waals surface area contributed by atoms with E-state index in [2.05, 4.69) is 112 Å². The van der Waals surface area contributed by atoms with Gasteiger partial charge in [0.2, 0.25) is 0 Å². The zero-order valence-corrected chi connectivity index (χ0v) is 23.1. The summed E-state index contributed by atoms with van der Waals surface area (Å²) in [6.45, 7) is 0. The van der Waals surface area contributed by atoms with Crippen molar-refractivity contribution < 1.29 is 8.83 Å². The highest BCUT2D eigenvalue weighted by molar-refractivity contribution is 6.33. The normalized spacial score (nSPS) is 19.1. The molecule has 8 aromatic rings. The minimum absolute atomic E-state index is 0.189. The Morgan fingerprint density at radius 3 is 2.51 bits per heavy atom. The van der Waals surface area contributed by atoms with Crippen molar-refractivity contribution in [2.24, 2.45) is 0 Å². The standard InChI is InChI=1S/C38H25N3O2/c1-5-11-30-22(7-1)23-15-13-21(18-32(23)42-30)20-14-16-29-25(17-20)35-34-24-8-2-6-12-31(24)43-33(34)19-26-36-38(41(29)37(26)35)40-28-10-4-3-9-27(28)39-36/h2-6,8-19,27-28,39-40H,1,7H2. The van der Waals surface area contributed by atoms with Gasteiger partial charge in [-0.15, -0.1) is 0 Å². The number of benzene rings is 4. The van der Waals surface area contributed by atoms with Gasteiger partial charge in [-0.3, -0.25) is 4.40 Å². The van der Waals surface area contributed by atoms with E-state index < -0.39 is 0 Å². The topological polar surface area (TPSA) is 54.8 Å². The zero-order chi connectivity index (χ0) is 27.8. The molecule has 0 saturated heterocycles. The maximum Gasteiger partial charge on any atom is 0.136 e. The molecule has 5 heteroatoms. The van der Waals surface area contributed by atoms with E-state index in [1.54, 1.807) is 0 Å². The fourth-order valence-electron chi connectivity index (χ4n) is 7.91. The summed E-state index contributed by atoms with van der Waals surface area (Å²) >= 11 is 0. The van der Waals surface area contributed by atoms with Crippen LogP contribution in [0.2, 0.25) is 0 Å². The average molecular weight is 556 g/mol. The molecule has 2 atom stereocenters. The Bertz CT molecular complexity index is 2590. The lowest BCUT2D eigenvalue weighted by atomic mass is 9.97. The van der Waals surface area contributed by atoms with Crippen LogP contribution < -0.4 is 10.6 Å². The molecule has 5 heterocycles. The van der Waals surface area contributed by atoms with E-state index in [1.165, 1.54) is 49.1 Å². The van der Waals surface area contributed by atoms with E-state index in [0.29, 0.717) is 0 Å². The fourth-order valence-corrected chi connectivity index (χ4v) is 7.91. The van der Waals surface area contributed by atoms with Crippen molar-refractivity contribution in [2.45, 2.75) is 24.9 Å². The molecule has 4 aromatic heterocycles. The predicted octanol–water partition coefficient (Wildman–Crippen LogP) is 9.66. The highest BCUT2D eigenvalue weighted by atomic mass is 16.3. The van der Waals surface area contributed by atoms with Gasteiger partial charge in [-0.05, 0) is 60.4 Å². The van der Waals surface area contributed by atoms with Gasteiger partial charge >= 0.3 is 0 Å². The monoisotopic (exact) mass is 555 g/mol. The largest absolute Gasteiger partial charge is 0.456 e. The number of allylic oxidation sites excluding steroid dienone is 3. The number of nitrogens with one attached hydrogen (secondary N) is 2. The van der Waals surface area contributed by atoms with E-state index in [0.717, 1.165) is 57.8 Å². The van der Waals surface area contributed by atoms with Crippen LogP contribution in [0.15, 0.2) is 106 Å². The van der Waals surface area contributed by atoms with Gasteiger partial charge in [0.15, 0.2) is 0 Å². The number of rotatable bonds is 1. The summed E-state index contributed by atoms with van der Waals surface area (Å²) in [6, 6.07) is 24.6. The SMILES string of the molecule is C1=CC2Nc3c(n4c5ccc(-c6ccc7c8c(oc7c6)C=CCC8)cc5c5c6c(cc3c54)oc3ccccc36)NC2C=C1. The van der Waals surface area contributed by atoms with Gasteiger partial charge in [0.25, 0.3) is 0 Å². The third-order valence-electron chi connectivity index (χ3n) is 9.84. The van der Waals surface area contributed by atoms with Crippen molar-refractivity contribution in [3.63, 3.8) is 0 Å². The number of furan rings is 2. The van der Waals surface area contributed by atoms with Crippen molar-refractivity contribution in [3.05, 3.63) is 108 Å². The number of aryl methyl sites for hydroxylation is 1. The van der Waals surface area contributed by atoms with Crippen LogP contribution in [0.3, 0.4) is 0 Å². The Kier molecular flexibility index (Phi) is 3.97. The molecule has 1 aliphatic heterocycles. The third-order valence-corrected chi connectivity index (χ3v) is 9.84. The second-order valence-corrected chi connectivity index (χ2v) is 12.1. The van der Waals surface area contributed by atoms with Crippen molar-refractivity contribution in [1.82, 2.24) is 4.40 Å². The van der Waals surface area contributed by atoms with Gasteiger partial charge in [-0.2, -0.15) is 0 Å². The first-order valence-corrected chi connectivity index (χ1v) is 15.1. The highest BCUT2D eigenvalue weighted by Crippen LogP contribution is 2.50. The van der Waals surface area contributed by atoms with Crippen LogP contribution in [-0.2, 0) is 6.42 Å². The van der Waals surface area contributed by atoms with Gasteiger partial charge in [-0.25, -0.2) is 0 Å². The molecule has 3 aliphatic rings. The van der Waals surface area contributed by atoms with E-state index in [-0.39, 0.29) is 12.1 Å². The molecule has 0 saturated carbocycles. The van der Waals surface area contributed by atoms with E-state index >= 15 is 0 Å². The molecule has 43 heavy (non-hydrogen) atoms. The first-order valence-electron chi connectivity index (χ1n) is 15.1. The number of anilines is 2. The fraction of sp³-hybridized carbons (Fsp3) is 0.105. The number of fused-ring (bicyclic) bond motifs is 14. The Balaban J connectivity index is 1.23. The zero-order valence-electron chi connectivity index (χ0n) is 23.1. The van der Waals surface area contributed by atoms with Crippen molar-refractivity contribution in [3.8, 4) is 11.1 Å². The summed E-state index contributed by atoms with van der Waals surface area (Å²) in [6.07, 6.45) is 15.2. The molecule has 5 nitrogen and oxygen atoms in total. The number of nitrogens with zero attached hydrogens (tertiary/aromatic N) is 1. The molecule has 0 fully saturated rings. The van der Waals surface area contributed by atoms with E-state index in [1.807, 2.05) is 6.07 Å². The van der Waals surface area contributed by atoms with Gasteiger partial charge < -0.3 is 19.5 Å². The smallest absolute Gasteiger partial charge is 0.136 e. The predicted molar refractivity (Wildman–Crippen MR) is 177 cm³/mol. The van der Waals surface area contributed by atoms with Gasteiger partial charge in [-0.1, -0.05) is 66.8 Å². The average Bonchev–Trinajstić information content (AvgIpc) is 3.78. The number of hydrogen-bond acceptors (Lipinski definition) is 4. The molecular weight excluding hydrogens is 530 g/mol. The molecular formula is C38H25N3O2. The lowest BCUT2D eigenvalue weighted by Crippen LogP contribution is -2.41. The maximum absolute atomic E-state index is 6.51. The quantitative estimate of drug-likeness (QED) is 0.212. The summed E-state index contributed by atoms with van der Waals surface area (Å²) < 4.78 is 15.2. The molecule has 2 unspecified atom stereocenters. The number of hydrogen-bond donors (Lipinski definition) is 2. The summed E-state index contributed by atoms with van der Waals surface area (Å²) in [4.78, 5) is 0. The van der Waals surface area contributed by atoms with Gasteiger partial charge in [0.05, 0.1) is 28.8 Å². The molecule has 0 amide bonds. The molecule has 0 radical (unpaired) electrons. The van der Waals surface area contributed by atoms with Crippen LogP contribution in [-0.4, -0.2) is 16.5 Å². The molecule has 11 rings (SSSR count). The molecule has 0 spiro atoms. The van der Waals surface area contributed by atoms with Crippen LogP contribution >= 0.6 is 0 Å². The van der Waals surface area contributed by atoms with Crippen molar-refractivity contribution in [2.75, 3.05) is 10.6 Å². The molecule has 2 N–H and O–H groups in total. The summed E-state index contributed by atoms with van der Waals surface area (Å²) in [5, 5.41) is 14.9. The Morgan fingerprint density at radius 1 is 0.698 bits per heavy atom. The molecule has 2 aliphatic carbocycles. The molecule has 4 aromatic carbocycles. The van der Waals surface area contributed by atoms with Crippen LogP contribution in [0.1, 0.15) is 17.7 Å². The second-order valence-electron chi connectivity index (χ2n) is 12.1. The molecule has 204 valence electrons. The lowest BCUT2D eigenvalue weighted by molar-refractivity contribution is 0.595. The summed E-state index contributed by atoms with van der Waals surface area (Å²) in [5.41, 5.74) is 10.0. The van der Waals surface area contributed by atoms with Crippen LogP contribution in [0.4, 0.5) is 11.5 Å². The minimum atomic E-state index is 0.189. The van der Waals surface area contributed by atoms with E-state index in [9.17, 15) is 0 Å². The number of para-hydroxylation sites is 1. The first-order chi connectivity index (χ1) is 21.3. The lowest BCUT2D eigenvalue weighted by Gasteiger charge is -2.33. The van der Waals surface area contributed by atoms with Crippen LogP contribution in [0.5, 0.6) is 0 Å². The van der Waals surface area contributed by atoms with Crippen molar-refractivity contribution in [1.29, 1.82) is 0 Å². The minimum Gasteiger partial charge on any atom is -0.456 e. The van der Waals surface area contributed by atoms with Crippen LogP contribution in [0, 0.1) is 0 Å². The Hall–Kier alpha value is -5.42. The second kappa shape index (κ2) is 7.69. The van der Waals surface area contributed by atoms with Gasteiger partial charge in [0.1, 0.15) is 28.3 Å². The highest BCUT2D eigenvalue weighted by Gasteiger charge is 2.33. The van der Waals surface area contributed by atoms with Gasteiger partial charge in [0, 0.05) is 37.9 Å². The first kappa shape index (κ1) is 22.2. The summed E-state index contributed by atoms with van der Waals surface area (Å²) in [7, 11) is 0. The third kappa shape index (κ3) is 2.77. The van der Waals surface area contributed by atoms with Crippen LogP contribution in [0.25, 0.3) is 77.3 Å². The van der Waals surface area contributed by atoms with Crippen molar-refractivity contribution >= 4 is 77.7 Å². The number of aromatic nitrogens is 1. The Labute approximate surface area is 245 Å². The van der Waals surface area contributed by atoms with E-state index in [4.69, 9.17) is 8.83 Å². The Morgan fingerprint density at radius 2 is 1.56 bits per heavy atom. The summed E-state index contributed by atoms with van der Waals surface area (Å²) in [5.74, 6) is 2.11.